The van der Waals surface area contributed by atoms with Gasteiger partial charge in [-0.3, -0.25) is 4.98 Å². The number of pyridine rings is 1. The van der Waals surface area contributed by atoms with Crippen molar-refractivity contribution in [2.45, 2.75) is 33.2 Å². The molecule has 1 unspecified atom stereocenters. The highest BCUT2D eigenvalue weighted by Crippen LogP contribution is 2.21. The van der Waals surface area contributed by atoms with Crippen LogP contribution in [0.4, 0.5) is 0 Å². The Balaban J connectivity index is 1.70. The maximum absolute atomic E-state index is 4.57. The predicted octanol–water partition coefficient (Wildman–Crippen LogP) is 4.20. The highest BCUT2D eigenvalue weighted by molar-refractivity contribution is 7.09. The van der Waals surface area contributed by atoms with Crippen LogP contribution >= 0.6 is 11.3 Å². The Kier molecular flexibility index (Phi) is 4.50. The molecule has 0 saturated carbocycles. The minimum atomic E-state index is 0.432. The summed E-state index contributed by atoms with van der Waals surface area (Å²) in [4.78, 5) is 9.12. The zero-order chi connectivity index (χ0) is 15.5. The van der Waals surface area contributed by atoms with Gasteiger partial charge in [-0.15, -0.1) is 11.3 Å². The molecule has 1 atom stereocenters. The third-order valence-electron chi connectivity index (χ3n) is 3.92. The van der Waals surface area contributed by atoms with Crippen molar-refractivity contribution in [3.63, 3.8) is 0 Å². The number of nitrogens with zero attached hydrogens (tertiary/aromatic N) is 2. The lowest BCUT2D eigenvalue weighted by Gasteiger charge is -2.13. The Labute approximate surface area is 135 Å². The molecule has 2 aromatic heterocycles. The average Bonchev–Trinajstić information content (AvgIpc) is 2.96. The number of hydrogen-bond donors (Lipinski definition) is 1. The van der Waals surface area contributed by atoms with E-state index in [1.54, 1.807) is 11.3 Å². The van der Waals surface area contributed by atoms with E-state index in [0.29, 0.717) is 5.92 Å². The summed E-state index contributed by atoms with van der Waals surface area (Å²) in [7, 11) is 0. The SMILES string of the molecule is Cc1csc(C(C)CNCc2c(C)ccc3cccnc23)n1. The highest BCUT2D eigenvalue weighted by Gasteiger charge is 2.10. The highest BCUT2D eigenvalue weighted by atomic mass is 32.1. The van der Waals surface area contributed by atoms with Gasteiger partial charge in [0.15, 0.2) is 0 Å². The van der Waals surface area contributed by atoms with Crippen molar-refractivity contribution in [2.75, 3.05) is 6.54 Å². The second kappa shape index (κ2) is 6.55. The van der Waals surface area contributed by atoms with Gasteiger partial charge in [0.25, 0.3) is 0 Å². The zero-order valence-electron chi connectivity index (χ0n) is 13.3. The Morgan fingerprint density at radius 2 is 2.09 bits per heavy atom. The summed E-state index contributed by atoms with van der Waals surface area (Å²) in [5.41, 5.74) is 4.80. The molecule has 3 aromatic rings. The number of hydrogen-bond acceptors (Lipinski definition) is 4. The molecule has 22 heavy (non-hydrogen) atoms. The van der Waals surface area contributed by atoms with Crippen LogP contribution in [0.5, 0.6) is 0 Å². The van der Waals surface area contributed by atoms with Gasteiger partial charge in [0, 0.05) is 41.7 Å². The number of rotatable bonds is 5. The fraction of sp³-hybridized carbons (Fsp3) is 0.333. The van der Waals surface area contributed by atoms with Crippen LogP contribution in [0, 0.1) is 13.8 Å². The van der Waals surface area contributed by atoms with E-state index in [1.807, 2.05) is 19.2 Å². The van der Waals surface area contributed by atoms with Crippen molar-refractivity contribution in [3.8, 4) is 0 Å². The van der Waals surface area contributed by atoms with Gasteiger partial charge >= 0.3 is 0 Å². The lowest BCUT2D eigenvalue weighted by Crippen LogP contribution is -2.20. The van der Waals surface area contributed by atoms with Crippen LogP contribution in [0.2, 0.25) is 0 Å². The van der Waals surface area contributed by atoms with Gasteiger partial charge < -0.3 is 5.32 Å². The second-order valence-electron chi connectivity index (χ2n) is 5.80. The van der Waals surface area contributed by atoms with Gasteiger partial charge in [-0.25, -0.2) is 4.98 Å². The number of fused-ring (bicyclic) bond motifs is 1. The van der Waals surface area contributed by atoms with Gasteiger partial charge in [0.1, 0.15) is 0 Å². The number of benzene rings is 1. The van der Waals surface area contributed by atoms with E-state index < -0.39 is 0 Å². The normalized spacial score (nSPS) is 12.7. The summed E-state index contributed by atoms with van der Waals surface area (Å²) < 4.78 is 0. The van der Waals surface area contributed by atoms with Crippen molar-refractivity contribution in [1.82, 2.24) is 15.3 Å². The summed E-state index contributed by atoms with van der Waals surface area (Å²) in [5.74, 6) is 0.432. The van der Waals surface area contributed by atoms with Crippen molar-refractivity contribution >= 4 is 22.2 Å². The van der Waals surface area contributed by atoms with Gasteiger partial charge in [-0.05, 0) is 31.0 Å². The molecular formula is C18H21N3S. The fourth-order valence-electron chi connectivity index (χ4n) is 2.63. The first-order valence-corrected chi connectivity index (χ1v) is 8.49. The standard InChI is InChI=1S/C18H21N3S/c1-12-6-7-15-5-4-8-20-17(15)16(12)10-19-9-13(2)18-21-14(3)11-22-18/h4-8,11,13,19H,9-10H2,1-3H3. The summed E-state index contributed by atoms with van der Waals surface area (Å²) >= 11 is 1.75. The third-order valence-corrected chi connectivity index (χ3v) is 5.12. The lowest BCUT2D eigenvalue weighted by atomic mass is 10.0. The Morgan fingerprint density at radius 1 is 1.23 bits per heavy atom. The molecule has 0 spiro atoms. The smallest absolute Gasteiger partial charge is 0.0969 e. The number of aryl methyl sites for hydroxylation is 2. The van der Waals surface area contributed by atoms with Crippen LogP contribution < -0.4 is 5.32 Å². The number of aromatic nitrogens is 2. The second-order valence-corrected chi connectivity index (χ2v) is 6.68. The van der Waals surface area contributed by atoms with E-state index in [2.05, 4.69) is 52.7 Å². The molecule has 0 amide bonds. The molecule has 2 heterocycles. The fourth-order valence-corrected chi connectivity index (χ4v) is 3.49. The van der Waals surface area contributed by atoms with Gasteiger partial charge in [0.2, 0.25) is 0 Å². The largest absolute Gasteiger partial charge is 0.312 e. The van der Waals surface area contributed by atoms with Gasteiger partial charge in [-0.1, -0.05) is 25.1 Å². The van der Waals surface area contributed by atoms with Crippen LogP contribution in [0.3, 0.4) is 0 Å². The van der Waals surface area contributed by atoms with E-state index in [1.165, 1.54) is 21.5 Å². The maximum Gasteiger partial charge on any atom is 0.0969 e. The first kappa shape index (κ1) is 15.1. The minimum Gasteiger partial charge on any atom is -0.312 e. The maximum atomic E-state index is 4.57. The van der Waals surface area contributed by atoms with Crippen molar-refractivity contribution < 1.29 is 0 Å². The molecule has 0 bridgehead atoms. The van der Waals surface area contributed by atoms with Gasteiger partial charge in [0.05, 0.1) is 10.5 Å². The van der Waals surface area contributed by atoms with Crippen LogP contribution in [-0.2, 0) is 6.54 Å². The van der Waals surface area contributed by atoms with Crippen LogP contribution in [0.25, 0.3) is 10.9 Å². The first-order valence-electron chi connectivity index (χ1n) is 7.61. The molecule has 3 rings (SSSR count). The van der Waals surface area contributed by atoms with Crippen molar-refractivity contribution in [2.24, 2.45) is 0 Å². The van der Waals surface area contributed by atoms with E-state index in [-0.39, 0.29) is 0 Å². The average molecular weight is 311 g/mol. The molecule has 0 aliphatic carbocycles. The molecule has 0 aliphatic heterocycles. The van der Waals surface area contributed by atoms with E-state index >= 15 is 0 Å². The predicted molar refractivity (Wildman–Crippen MR) is 93.5 cm³/mol. The van der Waals surface area contributed by atoms with Crippen LogP contribution in [0.1, 0.15) is 34.7 Å². The Hall–Kier alpha value is -1.78. The summed E-state index contributed by atoms with van der Waals surface area (Å²) in [6.07, 6.45) is 1.87. The molecule has 0 aliphatic rings. The summed E-state index contributed by atoms with van der Waals surface area (Å²) in [5, 5.41) is 8.09. The van der Waals surface area contributed by atoms with E-state index in [0.717, 1.165) is 24.3 Å². The Bertz CT molecular complexity index is 779. The van der Waals surface area contributed by atoms with E-state index in [4.69, 9.17) is 0 Å². The molecule has 0 saturated heterocycles. The topological polar surface area (TPSA) is 37.8 Å². The van der Waals surface area contributed by atoms with Crippen LogP contribution in [-0.4, -0.2) is 16.5 Å². The monoisotopic (exact) mass is 311 g/mol. The molecule has 1 aromatic carbocycles. The number of thiazole rings is 1. The Morgan fingerprint density at radius 3 is 2.86 bits per heavy atom. The zero-order valence-corrected chi connectivity index (χ0v) is 14.1. The lowest BCUT2D eigenvalue weighted by molar-refractivity contribution is 0.612. The minimum absolute atomic E-state index is 0.432. The first-order chi connectivity index (χ1) is 10.6. The van der Waals surface area contributed by atoms with Crippen molar-refractivity contribution in [1.29, 1.82) is 0 Å². The van der Waals surface area contributed by atoms with E-state index in [9.17, 15) is 0 Å². The molecule has 114 valence electrons. The molecular weight excluding hydrogens is 290 g/mol. The molecule has 0 radical (unpaired) electrons. The number of nitrogens with one attached hydrogen (secondary N) is 1. The summed E-state index contributed by atoms with van der Waals surface area (Å²) in [6.45, 7) is 8.19. The molecule has 4 heteroatoms. The molecule has 3 nitrogen and oxygen atoms in total. The third kappa shape index (κ3) is 3.18. The van der Waals surface area contributed by atoms with Crippen molar-refractivity contribution in [3.05, 3.63) is 57.7 Å². The van der Waals surface area contributed by atoms with Crippen LogP contribution in [0.15, 0.2) is 35.8 Å². The van der Waals surface area contributed by atoms with Gasteiger partial charge in [-0.2, -0.15) is 0 Å². The molecule has 1 N–H and O–H groups in total. The quantitative estimate of drug-likeness (QED) is 0.767. The molecule has 0 fully saturated rings. The summed E-state index contributed by atoms with van der Waals surface area (Å²) in [6, 6.07) is 8.42.